The number of benzene rings is 1. The van der Waals surface area contributed by atoms with Crippen LogP contribution in [0.15, 0.2) is 30.5 Å². The first kappa shape index (κ1) is 16.6. The van der Waals surface area contributed by atoms with Crippen LogP contribution in [0.4, 0.5) is 4.39 Å². The lowest BCUT2D eigenvalue weighted by Gasteiger charge is -2.29. The number of hydrogen-bond acceptors (Lipinski definition) is 3. The molecule has 1 aliphatic heterocycles. The highest BCUT2D eigenvalue weighted by Gasteiger charge is 2.29. The molecule has 1 atom stereocenters. The minimum atomic E-state index is -0.359. The van der Waals surface area contributed by atoms with E-state index in [1.807, 2.05) is 17.7 Å². The fourth-order valence-corrected chi connectivity index (χ4v) is 2.98. The highest BCUT2D eigenvalue weighted by Crippen LogP contribution is 2.21. The van der Waals surface area contributed by atoms with Crippen LogP contribution in [0.25, 0.3) is 0 Å². The minimum absolute atomic E-state index is 0.0523. The number of aromatic nitrogens is 2. The molecule has 0 aliphatic carbocycles. The number of carbonyl (C=O) groups excluding carboxylic acids is 1. The maximum Gasteiger partial charge on any atom is 0.254 e. The predicted octanol–water partition coefficient (Wildman–Crippen LogP) is 2.78. The number of amides is 1. The van der Waals surface area contributed by atoms with Gasteiger partial charge >= 0.3 is 0 Å². The van der Waals surface area contributed by atoms with Crippen molar-refractivity contribution in [1.82, 2.24) is 14.7 Å². The Balaban J connectivity index is 1.89. The Bertz CT molecular complexity index is 729. The van der Waals surface area contributed by atoms with E-state index in [0.717, 1.165) is 18.7 Å². The highest BCUT2D eigenvalue weighted by molar-refractivity contribution is 5.94. The predicted molar refractivity (Wildman–Crippen MR) is 88.1 cm³/mol. The average molecular weight is 331 g/mol. The van der Waals surface area contributed by atoms with Crippen LogP contribution in [0.5, 0.6) is 0 Å². The fraction of sp³-hybridized carbons (Fsp3) is 0.444. The van der Waals surface area contributed by atoms with E-state index in [0.29, 0.717) is 30.9 Å². The lowest BCUT2D eigenvalue weighted by Crippen LogP contribution is -2.42. The van der Waals surface area contributed by atoms with Crippen molar-refractivity contribution in [2.75, 3.05) is 13.2 Å². The Morgan fingerprint density at radius 2 is 2.25 bits per heavy atom. The van der Waals surface area contributed by atoms with Crippen molar-refractivity contribution < 1.29 is 13.9 Å². The third-order valence-corrected chi connectivity index (χ3v) is 4.45. The normalized spacial score (nSPS) is 17.5. The lowest BCUT2D eigenvalue weighted by atomic mass is 10.1. The Morgan fingerprint density at radius 3 is 3.00 bits per heavy atom. The number of carbonyl (C=O) groups is 1. The first-order valence-electron chi connectivity index (χ1n) is 8.25. The van der Waals surface area contributed by atoms with Gasteiger partial charge in [-0.15, -0.1) is 0 Å². The van der Waals surface area contributed by atoms with E-state index in [-0.39, 0.29) is 17.8 Å². The van der Waals surface area contributed by atoms with Gasteiger partial charge in [-0.25, -0.2) is 4.39 Å². The molecule has 0 saturated heterocycles. The first-order valence-corrected chi connectivity index (χ1v) is 8.25. The summed E-state index contributed by atoms with van der Waals surface area (Å²) in [6.45, 7) is 5.89. The Hall–Kier alpha value is -2.21. The molecule has 1 aromatic heterocycles. The zero-order chi connectivity index (χ0) is 17.1. The van der Waals surface area contributed by atoms with Crippen molar-refractivity contribution in [1.29, 1.82) is 0 Å². The van der Waals surface area contributed by atoms with E-state index in [9.17, 15) is 9.18 Å². The molecule has 24 heavy (non-hydrogen) atoms. The number of nitrogens with zero attached hydrogens (tertiary/aromatic N) is 3. The van der Waals surface area contributed by atoms with E-state index in [1.54, 1.807) is 30.2 Å². The number of rotatable bonds is 4. The third kappa shape index (κ3) is 3.33. The van der Waals surface area contributed by atoms with Crippen molar-refractivity contribution in [3.63, 3.8) is 0 Å². The topological polar surface area (TPSA) is 47.4 Å². The van der Waals surface area contributed by atoms with E-state index in [2.05, 4.69) is 5.10 Å². The molecule has 1 amide bonds. The summed E-state index contributed by atoms with van der Waals surface area (Å²) in [7, 11) is 0. The van der Waals surface area contributed by atoms with Gasteiger partial charge in [0, 0.05) is 24.9 Å². The van der Waals surface area contributed by atoms with Gasteiger partial charge in [0.2, 0.25) is 0 Å². The summed E-state index contributed by atoms with van der Waals surface area (Å²) in [4.78, 5) is 14.8. The molecule has 2 aromatic rings. The van der Waals surface area contributed by atoms with Crippen LogP contribution in [0, 0.1) is 12.7 Å². The van der Waals surface area contributed by atoms with Gasteiger partial charge in [-0.2, -0.15) is 5.10 Å². The number of fused-ring (bicyclic) bond motifs is 1. The number of ether oxygens (including phenoxy) is 1. The van der Waals surface area contributed by atoms with Crippen LogP contribution in [0.1, 0.15) is 35.0 Å². The van der Waals surface area contributed by atoms with E-state index < -0.39 is 0 Å². The molecule has 1 aromatic carbocycles. The van der Waals surface area contributed by atoms with Crippen molar-refractivity contribution in [2.24, 2.45) is 0 Å². The van der Waals surface area contributed by atoms with Crippen LogP contribution in [0.3, 0.4) is 0 Å². The summed E-state index contributed by atoms with van der Waals surface area (Å²) in [5.41, 5.74) is 1.88. The Morgan fingerprint density at radius 1 is 1.42 bits per heavy atom. The SMILES string of the molecule is CCOC[C@H]1CCn2nccc2CN1C(=O)c1ccc(C)c(F)c1. The Kier molecular flexibility index (Phi) is 4.94. The molecule has 0 unspecified atom stereocenters. The summed E-state index contributed by atoms with van der Waals surface area (Å²) in [6, 6.07) is 6.50. The molecule has 0 spiro atoms. The molecular weight excluding hydrogens is 309 g/mol. The second-order valence-corrected chi connectivity index (χ2v) is 6.04. The molecule has 0 radical (unpaired) electrons. The molecule has 0 bridgehead atoms. The average Bonchev–Trinajstić information content (AvgIpc) is 2.95. The van der Waals surface area contributed by atoms with E-state index in [1.165, 1.54) is 6.07 Å². The lowest BCUT2D eigenvalue weighted by molar-refractivity contribution is 0.0422. The fourth-order valence-electron chi connectivity index (χ4n) is 2.98. The Labute approximate surface area is 141 Å². The second kappa shape index (κ2) is 7.13. The van der Waals surface area contributed by atoms with Gasteiger partial charge < -0.3 is 9.64 Å². The molecule has 3 rings (SSSR count). The van der Waals surface area contributed by atoms with Crippen molar-refractivity contribution in [3.05, 3.63) is 53.1 Å². The van der Waals surface area contributed by atoms with Gasteiger partial charge in [0.15, 0.2) is 0 Å². The van der Waals surface area contributed by atoms with Gasteiger partial charge in [-0.3, -0.25) is 9.48 Å². The summed E-state index contributed by atoms with van der Waals surface area (Å²) in [6.07, 6.45) is 2.50. The van der Waals surface area contributed by atoms with Gasteiger partial charge in [0.25, 0.3) is 5.91 Å². The summed E-state index contributed by atoms with van der Waals surface area (Å²) in [5.74, 6) is -0.532. The van der Waals surface area contributed by atoms with E-state index >= 15 is 0 Å². The van der Waals surface area contributed by atoms with Gasteiger partial charge in [-0.1, -0.05) is 6.07 Å². The number of aryl methyl sites for hydroxylation is 2. The number of hydrogen-bond donors (Lipinski definition) is 0. The third-order valence-electron chi connectivity index (χ3n) is 4.45. The van der Waals surface area contributed by atoms with Crippen molar-refractivity contribution in [2.45, 2.75) is 39.4 Å². The van der Waals surface area contributed by atoms with Crippen LogP contribution >= 0.6 is 0 Å². The standard InChI is InChI=1S/C18H22FN3O2/c1-3-24-12-16-7-9-22-15(6-8-20-22)11-21(16)18(23)14-5-4-13(2)17(19)10-14/h4-6,8,10,16H,3,7,9,11-12H2,1-2H3/t16-/m1/s1. The quantitative estimate of drug-likeness (QED) is 0.865. The molecule has 0 fully saturated rings. The smallest absolute Gasteiger partial charge is 0.254 e. The van der Waals surface area contributed by atoms with Gasteiger partial charge in [0.1, 0.15) is 5.82 Å². The van der Waals surface area contributed by atoms with Gasteiger partial charge in [-0.05, 0) is 44.0 Å². The van der Waals surface area contributed by atoms with Gasteiger partial charge in [0.05, 0.1) is 24.9 Å². The maximum absolute atomic E-state index is 13.9. The molecule has 5 nitrogen and oxygen atoms in total. The van der Waals surface area contributed by atoms with Crippen LogP contribution in [-0.2, 0) is 17.8 Å². The highest BCUT2D eigenvalue weighted by atomic mass is 19.1. The molecule has 6 heteroatoms. The van der Waals surface area contributed by atoms with Crippen molar-refractivity contribution >= 4 is 5.91 Å². The van der Waals surface area contributed by atoms with Crippen LogP contribution in [-0.4, -0.2) is 39.8 Å². The van der Waals surface area contributed by atoms with Crippen molar-refractivity contribution in [3.8, 4) is 0 Å². The summed E-state index contributed by atoms with van der Waals surface area (Å²) < 4.78 is 21.4. The van der Waals surface area contributed by atoms with Crippen LogP contribution in [0.2, 0.25) is 0 Å². The molecule has 0 saturated carbocycles. The number of halogens is 1. The second-order valence-electron chi connectivity index (χ2n) is 6.04. The maximum atomic E-state index is 13.9. The monoisotopic (exact) mass is 331 g/mol. The molecule has 2 heterocycles. The molecule has 1 aliphatic rings. The van der Waals surface area contributed by atoms with E-state index in [4.69, 9.17) is 4.74 Å². The molecule has 0 N–H and O–H groups in total. The zero-order valence-electron chi connectivity index (χ0n) is 14.0. The molecule has 128 valence electrons. The molecular formula is C18H22FN3O2. The summed E-state index contributed by atoms with van der Waals surface area (Å²) >= 11 is 0. The van der Waals surface area contributed by atoms with Crippen LogP contribution < -0.4 is 0 Å². The largest absolute Gasteiger partial charge is 0.380 e. The summed E-state index contributed by atoms with van der Waals surface area (Å²) in [5, 5.41) is 4.30. The zero-order valence-corrected chi connectivity index (χ0v) is 14.0. The first-order chi connectivity index (χ1) is 11.6. The minimum Gasteiger partial charge on any atom is -0.380 e.